The summed E-state index contributed by atoms with van der Waals surface area (Å²) < 4.78 is 0. The Bertz CT molecular complexity index is 417. The quantitative estimate of drug-likeness (QED) is 0.830. The van der Waals surface area contributed by atoms with Crippen LogP contribution in [0.3, 0.4) is 0 Å². The van der Waals surface area contributed by atoms with Crippen LogP contribution in [0.4, 0.5) is 0 Å². The van der Waals surface area contributed by atoms with E-state index in [-0.39, 0.29) is 0 Å². The predicted molar refractivity (Wildman–Crippen MR) is 86.1 cm³/mol. The van der Waals surface area contributed by atoms with Crippen molar-refractivity contribution in [3.05, 3.63) is 34.9 Å². The fourth-order valence-corrected chi connectivity index (χ4v) is 2.78. The van der Waals surface area contributed by atoms with E-state index in [9.17, 15) is 5.11 Å². The van der Waals surface area contributed by atoms with Crippen LogP contribution in [0.2, 0.25) is 0 Å². The van der Waals surface area contributed by atoms with Crippen molar-refractivity contribution in [2.45, 2.75) is 39.8 Å². The third-order valence-electron chi connectivity index (χ3n) is 3.85. The maximum Gasteiger partial charge on any atom is 0.0919 e. The lowest BCUT2D eigenvalue weighted by molar-refractivity contribution is 0.0855. The monoisotopic (exact) mass is 278 g/mol. The molecule has 2 atom stereocenters. The Hall–Kier alpha value is -0.900. The first-order chi connectivity index (χ1) is 9.35. The van der Waals surface area contributed by atoms with Gasteiger partial charge in [0.15, 0.2) is 0 Å². The minimum Gasteiger partial charge on any atom is -0.387 e. The van der Waals surface area contributed by atoms with Crippen LogP contribution in [0.1, 0.15) is 36.6 Å². The summed E-state index contributed by atoms with van der Waals surface area (Å²) in [5, 5.41) is 10.5. The van der Waals surface area contributed by atoms with E-state index >= 15 is 0 Å². The fourth-order valence-electron chi connectivity index (χ4n) is 2.78. The second-order valence-corrected chi connectivity index (χ2v) is 6.07. The van der Waals surface area contributed by atoms with Crippen LogP contribution in [-0.2, 0) is 0 Å². The van der Waals surface area contributed by atoms with Crippen molar-refractivity contribution < 1.29 is 5.11 Å². The third-order valence-corrected chi connectivity index (χ3v) is 3.85. The van der Waals surface area contributed by atoms with Crippen LogP contribution in [0.15, 0.2) is 18.2 Å². The standard InChI is InChI=1S/C17H30N2O/c1-7-19(15(4)11-18(5)6)12-17(20)16-9-8-13(2)10-14(16)3/h8-10,15,17,20H,7,11-12H2,1-6H3. The molecule has 114 valence electrons. The molecule has 1 aromatic carbocycles. The van der Waals surface area contributed by atoms with Crippen molar-refractivity contribution in [2.24, 2.45) is 0 Å². The minimum atomic E-state index is -0.417. The summed E-state index contributed by atoms with van der Waals surface area (Å²) in [6.45, 7) is 11.2. The molecule has 0 aliphatic rings. The average molecular weight is 278 g/mol. The largest absolute Gasteiger partial charge is 0.387 e. The topological polar surface area (TPSA) is 26.7 Å². The highest BCUT2D eigenvalue weighted by Gasteiger charge is 2.18. The molecule has 1 N–H and O–H groups in total. The maximum absolute atomic E-state index is 10.5. The molecule has 20 heavy (non-hydrogen) atoms. The number of aliphatic hydroxyl groups is 1. The zero-order chi connectivity index (χ0) is 15.3. The van der Waals surface area contributed by atoms with Gasteiger partial charge >= 0.3 is 0 Å². The summed E-state index contributed by atoms with van der Waals surface area (Å²) in [4.78, 5) is 4.53. The minimum absolute atomic E-state index is 0.417. The van der Waals surface area contributed by atoms with Gasteiger partial charge in [-0.05, 0) is 52.5 Å². The first kappa shape index (κ1) is 17.2. The second-order valence-electron chi connectivity index (χ2n) is 6.07. The molecule has 0 bridgehead atoms. The van der Waals surface area contributed by atoms with Crippen molar-refractivity contribution in [3.63, 3.8) is 0 Å². The summed E-state index contributed by atoms with van der Waals surface area (Å²) >= 11 is 0. The van der Waals surface area contributed by atoms with Gasteiger partial charge in [-0.25, -0.2) is 0 Å². The molecule has 0 aliphatic carbocycles. The fraction of sp³-hybridized carbons (Fsp3) is 0.647. The van der Waals surface area contributed by atoms with Crippen molar-refractivity contribution in [2.75, 3.05) is 33.7 Å². The third kappa shape index (κ3) is 4.89. The van der Waals surface area contributed by atoms with Gasteiger partial charge in [-0.3, -0.25) is 4.90 Å². The van der Waals surface area contributed by atoms with E-state index in [0.717, 1.165) is 18.7 Å². The molecule has 0 fully saturated rings. The summed E-state index contributed by atoms with van der Waals surface area (Å²) in [5.74, 6) is 0. The Morgan fingerprint density at radius 3 is 2.30 bits per heavy atom. The Labute approximate surface area is 124 Å². The second kappa shape index (κ2) is 7.77. The molecule has 0 aromatic heterocycles. The van der Waals surface area contributed by atoms with Gasteiger partial charge in [-0.1, -0.05) is 30.7 Å². The molecule has 0 spiro atoms. The molecule has 3 heteroatoms. The summed E-state index contributed by atoms with van der Waals surface area (Å²) in [6, 6.07) is 6.71. The molecule has 0 radical (unpaired) electrons. The van der Waals surface area contributed by atoms with Crippen molar-refractivity contribution >= 4 is 0 Å². The van der Waals surface area contributed by atoms with Gasteiger partial charge in [0.1, 0.15) is 0 Å². The van der Waals surface area contributed by atoms with Crippen LogP contribution in [0.5, 0.6) is 0 Å². The smallest absolute Gasteiger partial charge is 0.0919 e. The van der Waals surface area contributed by atoms with Gasteiger partial charge in [0.2, 0.25) is 0 Å². The Kier molecular flexibility index (Phi) is 6.66. The van der Waals surface area contributed by atoms with Crippen LogP contribution >= 0.6 is 0 Å². The van der Waals surface area contributed by atoms with E-state index in [0.29, 0.717) is 12.6 Å². The first-order valence-electron chi connectivity index (χ1n) is 7.49. The number of rotatable bonds is 7. The molecule has 2 unspecified atom stereocenters. The van der Waals surface area contributed by atoms with Crippen LogP contribution in [-0.4, -0.2) is 54.7 Å². The van der Waals surface area contributed by atoms with Crippen molar-refractivity contribution in [3.8, 4) is 0 Å². The summed E-state index contributed by atoms with van der Waals surface area (Å²) in [5.41, 5.74) is 3.46. The van der Waals surface area contributed by atoms with E-state index in [1.54, 1.807) is 0 Å². The van der Waals surface area contributed by atoms with Gasteiger partial charge < -0.3 is 10.0 Å². The number of hydrogen-bond donors (Lipinski definition) is 1. The molecule has 0 aliphatic heterocycles. The lowest BCUT2D eigenvalue weighted by atomic mass is 10.0. The lowest BCUT2D eigenvalue weighted by Gasteiger charge is -2.32. The van der Waals surface area contributed by atoms with Crippen LogP contribution in [0.25, 0.3) is 0 Å². The summed E-state index contributed by atoms with van der Waals surface area (Å²) in [7, 11) is 4.18. The molecule has 0 amide bonds. The number of aliphatic hydroxyl groups excluding tert-OH is 1. The van der Waals surface area contributed by atoms with Crippen LogP contribution in [0, 0.1) is 13.8 Å². The normalized spacial score (nSPS) is 14.8. The highest BCUT2D eigenvalue weighted by molar-refractivity contribution is 5.32. The molecule has 0 heterocycles. The number of likely N-dealkylation sites (N-methyl/N-ethyl adjacent to an activating group) is 2. The average Bonchev–Trinajstić information content (AvgIpc) is 2.34. The Morgan fingerprint density at radius 1 is 1.15 bits per heavy atom. The highest BCUT2D eigenvalue weighted by atomic mass is 16.3. The number of nitrogens with zero attached hydrogens (tertiary/aromatic N) is 2. The van der Waals surface area contributed by atoms with Gasteiger partial charge in [0, 0.05) is 19.1 Å². The SMILES string of the molecule is CCN(CC(O)c1ccc(C)cc1C)C(C)CN(C)C. The van der Waals surface area contributed by atoms with Gasteiger partial charge in [-0.15, -0.1) is 0 Å². The number of benzene rings is 1. The van der Waals surface area contributed by atoms with Gasteiger partial charge in [0.25, 0.3) is 0 Å². The Morgan fingerprint density at radius 2 is 1.80 bits per heavy atom. The van der Waals surface area contributed by atoms with Crippen molar-refractivity contribution in [1.82, 2.24) is 9.80 Å². The highest BCUT2D eigenvalue weighted by Crippen LogP contribution is 2.20. The molecular weight excluding hydrogens is 248 g/mol. The lowest BCUT2D eigenvalue weighted by Crippen LogP contribution is -2.42. The summed E-state index contributed by atoms with van der Waals surface area (Å²) in [6.07, 6.45) is -0.417. The Balaban J connectivity index is 2.73. The molecule has 1 rings (SSSR count). The van der Waals surface area contributed by atoms with E-state index in [4.69, 9.17) is 0 Å². The zero-order valence-corrected chi connectivity index (χ0v) is 13.8. The van der Waals surface area contributed by atoms with Gasteiger partial charge in [-0.2, -0.15) is 0 Å². The van der Waals surface area contributed by atoms with E-state index in [2.05, 4.69) is 69.8 Å². The molecule has 1 aromatic rings. The number of aryl methyl sites for hydroxylation is 2. The molecule has 0 saturated carbocycles. The van der Waals surface area contributed by atoms with Crippen molar-refractivity contribution in [1.29, 1.82) is 0 Å². The van der Waals surface area contributed by atoms with Crippen LogP contribution < -0.4 is 0 Å². The molecule has 3 nitrogen and oxygen atoms in total. The predicted octanol–water partition coefficient (Wildman–Crippen LogP) is 2.61. The van der Waals surface area contributed by atoms with Gasteiger partial charge in [0.05, 0.1) is 6.10 Å². The zero-order valence-electron chi connectivity index (χ0n) is 13.8. The number of hydrogen-bond acceptors (Lipinski definition) is 3. The first-order valence-corrected chi connectivity index (χ1v) is 7.49. The van der Waals surface area contributed by atoms with E-state index in [1.165, 1.54) is 11.1 Å². The van der Waals surface area contributed by atoms with E-state index in [1.807, 2.05) is 0 Å². The maximum atomic E-state index is 10.5. The molecular formula is C17H30N2O. The van der Waals surface area contributed by atoms with E-state index < -0.39 is 6.10 Å². The molecule has 0 saturated heterocycles.